The van der Waals surface area contributed by atoms with Crippen molar-refractivity contribution in [3.8, 4) is 0 Å². The maximum absolute atomic E-state index is 13.8. The zero-order valence-electron chi connectivity index (χ0n) is 24.1. The van der Waals surface area contributed by atoms with Crippen LogP contribution >= 0.6 is 15.9 Å². The molecule has 0 saturated carbocycles. The van der Waals surface area contributed by atoms with E-state index >= 15 is 0 Å². The molecule has 2 heterocycles. The van der Waals surface area contributed by atoms with Crippen molar-refractivity contribution in [1.82, 2.24) is 20.1 Å². The summed E-state index contributed by atoms with van der Waals surface area (Å²) in [6.45, 7) is 6.06. The van der Waals surface area contributed by atoms with E-state index in [1.165, 1.54) is 29.2 Å². The molecular weight excluding hydrogens is 610 g/mol. The fraction of sp³-hybridized carbons (Fsp3) is 0.387. The van der Waals surface area contributed by atoms with E-state index in [1.807, 2.05) is 0 Å². The largest absolute Gasteiger partial charge is 0.444 e. The predicted octanol–water partition coefficient (Wildman–Crippen LogP) is 5.81. The van der Waals surface area contributed by atoms with Crippen LogP contribution in [0.15, 0.2) is 53.1 Å². The van der Waals surface area contributed by atoms with E-state index in [-0.39, 0.29) is 48.7 Å². The monoisotopic (exact) mass is 644 g/mol. The minimum absolute atomic E-state index is 0.203. The van der Waals surface area contributed by atoms with Gasteiger partial charge in [0.05, 0.1) is 4.47 Å². The maximum Gasteiger partial charge on any atom is 0.410 e. The number of aromatic nitrogens is 1. The summed E-state index contributed by atoms with van der Waals surface area (Å²) in [5, 5.41) is 3.71. The summed E-state index contributed by atoms with van der Waals surface area (Å²) in [6, 6.07) is 8.89. The van der Waals surface area contributed by atoms with Crippen molar-refractivity contribution in [2.75, 3.05) is 26.7 Å². The van der Waals surface area contributed by atoms with Gasteiger partial charge in [-0.05, 0) is 103 Å². The van der Waals surface area contributed by atoms with Crippen molar-refractivity contribution < 1.29 is 27.9 Å². The number of hydrogen-bond donors (Lipinski definition) is 2. The van der Waals surface area contributed by atoms with Gasteiger partial charge in [-0.2, -0.15) is 0 Å². The Morgan fingerprint density at radius 3 is 2.52 bits per heavy atom. The highest BCUT2D eigenvalue weighted by Crippen LogP contribution is 2.30. The molecule has 8 nitrogen and oxygen atoms in total. The molecule has 4 rings (SSSR count). The van der Waals surface area contributed by atoms with Crippen LogP contribution in [0.25, 0.3) is 17.0 Å². The second kappa shape index (κ2) is 12.6. The number of rotatable bonds is 7. The van der Waals surface area contributed by atoms with Crippen LogP contribution in [0.3, 0.4) is 0 Å². The number of H-pyrrole nitrogens is 1. The predicted molar refractivity (Wildman–Crippen MR) is 161 cm³/mol. The van der Waals surface area contributed by atoms with E-state index in [9.17, 15) is 23.2 Å². The Hall–Kier alpha value is -3.73. The van der Waals surface area contributed by atoms with Crippen molar-refractivity contribution >= 4 is 50.8 Å². The molecule has 224 valence electrons. The zero-order chi connectivity index (χ0) is 30.7. The first-order valence-corrected chi connectivity index (χ1v) is 14.5. The molecule has 1 fully saturated rings. The minimum Gasteiger partial charge on any atom is -0.444 e. The lowest BCUT2D eigenvalue weighted by Crippen LogP contribution is -2.64. The van der Waals surface area contributed by atoms with Crippen LogP contribution in [-0.4, -0.2) is 70.5 Å². The molecule has 0 atom stereocenters. The number of benzene rings is 2. The number of carbonyl (C=O) groups excluding carboxylic acids is 3. The molecule has 3 amide bonds. The summed E-state index contributed by atoms with van der Waals surface area (Å²) in [6.07, 6.45) is 5.07. The van der Waals surface area contributed by atoms with Gasteiger partial charge in [-0.25, -0.2) is 13.6 Å². The molecule has 0 aliphatic carbocycles. The van der Waals surface area contributed by atoms with Gasteiger partial charge in [0.1, 0.15) is 22.8 Å². The number of carbonyl (C=O) groups is 3. The van der Waals surface area contributed by atoms with Gasteiger partial charge in [-0.3, -0.25) is 9.59 Å². The molecule has 1 aliphatic heterocycles. The third-order valence-corrected chi connectivity index (χ3v) is 8.02. The fourth-order valence-electron chi connectivity index (χ4n) is 5.04. The smallest absolute Gasteiger partial charge is 0.410 e. The first kappa shape index (κ1) is 31.2. The van der Waals surface area contributed by atoms with Crippen LogP contribution in [0.1, 0.15) is 44.7 Å². The summed E-state index contributed by atoms with van der Waals surface area (Å²) in [4.78, 5) is 45.9. The van der Waals surface area contributed by atoms with E-state index in [0.717, 1.165) is 16.5 Å². The van der Waals surface area contributed by atoms with Crippen LogP contribution in [0.2, 0.25) is 0 Å². The van der Waals surface area contributed by atoms with E-state index in [2.05, 4.69) is 26.2 Å². The quantitative estimate of drug-likeness (QED) is 0.318. The molecule has 0 bridgehead atoms. The molecule has 42 heavy (non-hydrogen) atoms. The van der Waals surface area contributed by atoms with Gasteiger partial charge in [-0.15, -0.1) is 0 Å². The molecule has 0 unspecified atom stereocenters. The SMILES string of the molecule is CN(C(=O)C=Cc1ccc(F)c(Br)c1)C1(C(=O)NCCc2c[nH]c3ccc(F)cc23)CCN(C(=O)OC(C)(C)C)CC1. The van der Waals surface area contributed by atoms with Crippen molar-refractivity contribution in [2.24, 2.45) is 0 Å². The molecule has 1 aliphatic rings. The number of aromatic amines is 1. The number of likely N-dealkylation sites (N-methyl/N-ethyl adjacent to an activating group) is 1. The van der Waals surface area contributed by atoms with Gasteiger partial charge in [0.2, 0.25) is 11.8 Å². The fourth-order valence-corrected chi connectivity index (χ4v) is 5.44. The Bertz CT molecular complexity index is 1510. The second-order valence-electron chi connectivity index (χ2n) is 11.4. The maximum atomic E-state index is 13.8. The first-order chi connectivity index (χ1) is 19.8. The van der Waals surface area contributed by atoms with Gasteiger partial charge in [0, 0.05) is 49.9 Å². The molecule has 2 aromatic carbocycles. The van der Waals surface area contributed by atoms with Crippen molar-refractivity contribution in [1.29, 1.82) is 0 Å². The number of piperidine rings is 1. The number of ether oxygens (including phenoxy) is 1. The molecule has 11 heteroatoms. The van der Waals surface area contributed by atoms with Gasteiger partial charge >= 0.3 is 6.09 Å². The molecule has 1 saturated heterocycles. The Kier molecular flexibility index (Phi) is 9.40. The molecule has 1 aromatic heterocycles. The molecule has 3 aromatic rings. The lowest BCUT2D eigenvalue weighted by Gasteiger charge is -2.45. The lowest BCUT2D eigenvalue weighted by molar-refractivity contribution is -0.146. The standard InChI is InChI=1S/C31H35BrF2N4O4/c1-30(2,3)42-29(41)38-15-12-31(13-16-38,37(4)27(39)10-6-20-5-8-25(34)24(32)17-20)28(40)35-14-11-21-19-36-26-9-7-22(33)18-23(21)26/h5-10,17-19,36H,11-16H2,1-4H3,(H,35,40). The Balaban J connectivity index is 1.50. The number of nitrogens with zero attached hydrogens (tertiary/aromatic N) is 2. The van der Waals surface area contributed by atoms with E-state index < -0.39 is 29.0 Å². The van der Waals surface area contributed by atoms with Gasteiger partial charge in [0.25, 0.3) is 0 Å². The van der Waals surface area contributed by atoms with Crippen LogP contribution in [0.5, 0.6) is 0 Å². The van der Waals surface area contributed by atoms with Crippen molar-refractivity contribution in [2.45, 2.75) is 51.2 Å². The molecule has 2 N–H and O–H groups in total. The number of halogens is 3. The summed E-state index contributed by atoms with van der Waals surface area (Å²) in [7, 11) is 1.57. The summed E-state index contributed by atoms with van der Waals surface area (Å²) >= 11 is 3.14. The van der Waals surface area contributed by atoms with E-state index in [4.69, 9.17) is 4.74 Å². The first-order valence-electron chi connectivity index (χ1n) is 13.7. The van der Waals surface area contributed by atoms with Crippen molar-refractivity contribution in [3.63, 3.8) is 0 Å². The topological polar surface area (TPSA) is 94.7 Å². The average molecular weight is 646 g/mol. The normalized spacial score (nSPS) is 15.2. The Labute approximate surface area is 252 Å². The third kappa shape index (κ3) is 7.18. The summed E-state index contributed by atoms with van der Waals surface area (Å²) < 4.78 is 33.2. The van der Waals surface area contributed by atoms with Crippen LogP contribution in [-0.2, 0) is 20.7 Å². The molecular formula is C31H35BrF2N4O4. The number of likely N-dealkylation sites (tertiary alicyclic amines) is 1. The lowest BCUT2D eigenvalue weighted by atomic mass is 9.84. The summed E-state index contributed by atoms with van der Waals surface area (Å²) in [5.74, 6) is -1.51. The highest BCUT2D eigenvalue weighted by molar-refractivity contribution is 9.10. The number of amides is 3. The Morgan fingerprint density at radius 2 is 1.86 bits per heavy atom. The van der Waals surface area contributed by atoms with Gasteiger partial charge in [-0.1, -0.05) is 6.07 Å². The number of hydrogen-bond acceptors (Lipinski definition) is 4. The minimum atomic E-state index is -1.23. The Morgan fingerprint density at radius 1 is 1.14 bits per heavy atom. The molecule has 0 radical (unpaired) electrons. The third-order valence-electron chi connectivity index (χ3n) is 7.41. The summed E-state index contributed by atoms with van der Waals surface area (Å²) in [5.41, 5.74) is 0.375. The highest BCUT2D eigenvalue weighted by atomic mass is 79.9. The van der Waals surface area contributed by atoms with E-state index in [1.54, 1.807) is 63.2 Å². The average Bonchev–Trinajstić information content (AvgIpc) is 3.33. The molecule has 0 spiro atoms. The zero-order valence-corrected chi connectivity index (χ0v) is 25.7. The highest BCUT2D eigenvalue weighted by Gasteiger charge is 2.47. The number of fused-ring (bicyclic) bond motifs is 1. The van der Waals surface area contributed by atoms with Crippen LogP contribution in [0, 0.1) is 11.6 Å². The second-order valence-corrected chi connectivity index (χ2v) is 12.3. The van der Waals surface area contributed by atoms with Gasteiger partial charge in [0.15, 0.2) is 0 Å². The van der Waals surface area contributed by atoms with Crippen molar-refractivity contribution in [3.05, 3.63) is 75.9 Å². The number of nitrogens with one attached hydrogen (secondary N) is 2. The van der Waals surface area contributed by atoms with E-state index in [0.29, 0.717) is 12.0 Å². The van der Waals surface area contributed by atoms with Gasteiger partial charge < -0.3 is 24.8 Å². The van der Waals surface area contributed by atoms with Crippen LogP contribution < -0.4 is 5.32 Å². The van der Waals surface area contributed by atoms with Crippen LogP contribution in [0.4, 0.5) is 13.6 Å².